The molecule has 1 aliphatic rings. The van der Waals surface area contributed by atoms with E-state index in [1.807, 2.05) is 0 Å². The summed E-state index contributed by atoms with van der Waals surface area (Å²) in [6.07, 6.45) is 0.602. The number of aryl methyl sites for hydroxylation is 1. The fraction of sp³-hybridized carbons (Fsp3) is 0.273. The highest BCUT2D eigenvalue weighted by Crippen LogP contribution is 2.34. The van der Waals surface area contributed by atoms with Crippen molar-refractivity contribution in [2.45, 2.75) is 25.3 Å². The minimum Gasteiger partial charge on any atom is -0.482 e. The summed E-state index contributed by atoms with van der Waals surface area (Å²) in [6.45, 7) is -0.373. The van der Waals surface area contributed by atoms with E-state index in [0.29, 0.717) is 34.3 Å². The second kappa shape index (κ2) is 8.74. The lowest BCUT2D eigenvalue weighted by Crippen LogP contribution is -2.39. The molecule has 3 aromatic rings. The van der Waals surface area contributed by atoms with Gasteiger partial charge in [0.1, 0.15) is 22.9 Å². The van der Waals surface area contributed by atoms with E-state index in [2.05, 4.69) is 15.7 Å². The quantitative estimate of drug-likeness (QED) is 0.569. The molecule has 10 heteroatoms. The number of nitrogens with zero attached hydrogens (tertiary/aromatic N) is 2. The highest BCUT2D eigenvalue weighted by atomic mass is 19.1. The number of halogens is 2. The molecule has 1 aromatic heterocycles. The molecular formula is C22H20F2N4O4. The number of ether oxygens (including phenoxy) is 1. The SMILES string of the molecule is Cn1nc(C2CCC(=O)NC2=O)c2cccc(OCC(=O)NCc3cc(F)cc(F)c3)c21. The number of hydrogen-bond acceptors (Lipinski definition) is 5. The molecule has 8 nitrogen and oxygen atoms in total. The highest BCUT2D eigenvalue weighted by Gasteiger charge is 2.32. The molecule has 4 rings (SSSR count). The van der Waals surface area contributed by atoms with E-state index >= 15 is 0 Å². The number of imide groups is 1. The monoisotopic (exact) mass is 442 g/mol. The molecule has 1 saturated heterocycles. The molecule has 0 aliphatic carbocycles. The van der Waals surface area contributed by atoms with Gasteiger partial charge in [0, 0.05) is 31.5 Å². The van der Waals surface area contributed by atoms with Crippen LogP contribution < -0.4 is 15.4 Å². The van der Waals surface area contributed by atoms with E-state index in [0.717, 1.165) is 18.2 Å². The number of fused-ring (bicyclic) bond motifs is 1. The summed E-state index contributed by atoms with van der Waals surface area (Å²) >= 11 is 0. The maximum absolute atomic E-state index is 13.3. The van der Waals surface area contributed by atoms with Crippen LogP contribution in [0.3, 0.4) is 0 Å². The first-order valence-electron chi connectivity index (χ1n) is 9.95. The Kier molecular flexibility index (Phi) is 5.85. The Labute approximate surface area is 181 Å². The van der Waals surface area contributed by atoms with Gasteiger partial charge in [0.25, 0.3) is 5.91 Å². The summed E-state index contributed by atoms with van der Waals surface area (Å²) < 4.78 is 33.8. The molecule has 2 N–H and O–H groups in total. The number of carbonyl (C=O) groups excluding carboxylic acids is 3. The average Bonchev–Trinajstić information content (AvgIpc) is 3.07. The first-order chi connectivity index (χ1) is 15.3. The third kappa shape index (κ3) is 4.43. The molecule has 1 aliphatic heterocycles. The summed E-state index contributed by atoms with van der Waals surface area (Å²) in [5.41, 5.74) is 1.43. The first-order valence-corrected chi connectivity index (χ1v) is 9.95. The van der Waals surface area contributed by atoms with Crippen molar-refractivity contribution in [3.63, 3.8) is 0 Å². The second-order valence-corrected chi connectivity index (χ2v) is 7.51. The minimum absolute atomic E-state index is 0.0492. The van der Waals surface area contributed by atoms with Crippen molar-refractivity contribution in [2.75, 3.05) is 6.61 Å². The molecule has 32 heavy (non-hydrogen) atoms. The van der Waals surface area contributed by atoms with Crippen molar-refractivity contribution >= 4 is 28.6 Å². The fourth-order valence-electron chi connectivity index (χ4n) is 3.76. The van der Waals surface area contributed by atoms with Crippen molar-refractivity contribution in [3.8, 4) is 5.75 Å². The number of amides is 3. The molecule has 0 bridgehead atoms. The Morgan fingerprint density at radius 2 is 2.00 bits per heavy atom. The Bertz CT molecular complexity index is 1200. The lowest BCUT2D eigenvalue weighted by atomic mass is 9.93. The number of hydrogen-bond donors (Lipinski definition) is 2. The normalized spacial score (nSPS) is 16.2. The Hall–Kier alpha value is -3.82. The summed E-state index contributed by atoms with van der Waals surface area (Å²) in [7, 11) is 1.70. The zero-order chi connectivity index (χ0) is 22.8. The van der Waals surface area contributed by atoms with Gasteiger partial charge >= 0.3 is 0 Å². The fourth-order valence-corrected chi connectivity index (χ4v) is 3.76. The summed E-state index contributed by atoms with van der Waals surface area (Å²) in [6, 6.07) is 8.22. The minimum atomic E-state index is -0.722. The molecule has 1 fully saturated rings. The molecule has 0 radical (unpaired) electrons. The molecule has 0 spiro atoms. The zero-order valence-corrected chi connectivity index (χ0v) is 17.2. The van der Waals surface area contributed by atoms with Crippen LogP contribution in [0.4, 0.5) is 8.78 Å². The van der Waals surface area contributed by atoms with Crippen LogP contribution >= 0.6 is 0 Å². The Balaban J connectivity index is 1.46. The maximum atomic E-state index is 13.3. The van der Waals surface area contributed by atoms with E-state index in [1.54, 1.807) is 29.9 Å². The van der Waals surface area contributed by atoms with Crippen molar-refractivity contribution in [2.24, 2.45) is 7.05 Å². The second-order valence-electron chi connectivity index (χ2n) is 7.51. The van der Waals surface area contributed by atoms with Crippen molar-refractivity contribution in [1.82, 2.24) is 20.4 Å². The van der Waals surface area contributed by atoms with Gasteiger partial charge in [-0.2, -0.15) is 5.10 Å². The molecule has 166 valence electrons. The van der Waals surface area contributed by atoms with Gasteiger partial charge in [-0.1, -0.05) is 12.1 Å². The van der Waals surface area contributed by atoms with E-state index in [1.165, 1.54) is 0 Å². The lowest BCUT2D eigenvalue weighted by molar-refractivity contribution is -0.134. The third-order valence-corrected chi connectivity index (χ3v) is 5.20. The molecule has 0 saturated carbocycles. The van der Waals surface area contributed by atoms with Crippen LogP contribution in [0.1, 0.15) is 30.0 Å². The van der Waals surface area contributed by atoms with Gasteiger partial charge in [0.05, 0.1) is 11.6 Å². The van der Waals surface area contributed by atoms with Gasteiger partial charge in [-0.15, -0.1) is 0 Å². The van der Waals surface area contributed by atoms with E-state index in [9.17, 15) is 23.2 Å². The predicted octanol–water partition coefficient (Wildman–Crippen LogP) is 2.07. The number of para-hydroxylation sites is 1. The van der Waals surface area contributed by atoms with Crippen LogP contribution in [0.15, 0.2) is 36.4 Å². The third-order valence-electron chi connectivity index (χ3n) is 5.20. The van der Waals surface area contributed by atoms with Gasteiger partial charge in [-0.25, -0.2) is 8.78 Å². The summed E-state index contributed by atoms with van der Waals surface area (Å²) in [5, 5.41) is 10.0. The van der Waals surface area contributed by atoms with E-state index in [-0.39, 0.29) is 31.4 Å². The van der Waals surface area contributed by atoms with Crippen LogP contribution in [0.2, 0.25) is 0 Å². The van der Waals surface area contributed by atoms with Gasteiger partial charge < -0.3 is 10.1 Å². The van der Waals surface area contributed by atoms with E-state index < -0.39 is 23.5 Å². The van der Waals surface area contributed by atoms with Gasteiger partial charge in [-0.05, 0) is 30.2 Å². The van der Waals surface area contributed by atoms with Crippen LogP contribution in [0.25, 0.3) is 10.9 Å². The summed E-state index contributed by atoms with van der Waals surface area (Å²) in [4.78, 5) is 35.9. The van der Waals surface area contributed by atoms with Gasteiger partial charge in [-0.3, -0.25) is 24.4 Å². The smallest absolute Gasteiger partial charge is 0.258 e. The number of nitrogens with one attached hydrogen (secondary N) is 2. The largest absolute Gasteiger partial charge is 0.482 e. The molecular weight excluding hydrogens is 422 g/mol. The molecule has 1 atom stereocenters. The predicted molar refractivity (Wildman–Crippen MR) is 110 cm³/mol. The molecule has 2 heterocycles. The van der Waals surface area contributed by atoms with Crippen LogP contribution in [0.5, 0.6) is 5.75 Å². The molecule has 1 unspecified atom stereocenters. The number of piperidine rings is 1. The standard InChI is InChI=1S/C22H20F2N4O4/c1-28-21-15(20(27-28)16-5-6-18(29)26-22(16)31)3-2-4-17(21)32-11-19(30)25-10-12-7-13(23)9-14(24)8-12/h2-4,7-9,16H,5-6,10-11H2,1H3,(H,25,30)(H,26,29,31). The number of carbonyl (C=O) groups is 3. The summed E-state index contributed by atoms with van der Waals surface area (Å²) in [5.74, 6) is -2.77. The van der Waals surface area contributed by atoms with E-state index in [4.69, 9.17) is 4.74 Å². The van der Waals surface area contributed by atoms with Gasteiger partial charge in [0.15, 0.2) is 6.61 Å². The first kappa shape index (κ1) is 21.4. The van der Waals surface area contributed by atoms with Crippen molar-refractivity contribution in [1.29, 1.82) is 0 Å². The molecule has 2 aromatic carbocycles. The van der Waals surface area contributed by atoms with Crippen LogP contribution in [0, 0.1) is 11.6 Å². The van der Waals surface area contributed by atoms with Crippen LogP contribution in [-0.2, 0) is 28.0 Å². The number of aromatic nitrogens is 2. The topological polar surface area (TPSA) is 102 Å². The van der Waals surface area contributed by atoms with Crippen molar-refractivity contribution in [3.05, 3.63) is 59.3 Å². The van der Waals surface area contributed by atoms with Crippen molar-refractivity contribution < 1.29 is 27.9 Å². The lowest BCUT2D eigenvalue weighted by Gasteiger charge is -2.19. The number of benzene rings is 2. The number of rotatable bonds is 6. The van der Waals surface area contributed by atoms with Gasteiger partial charge in [0.2, 0.25) is 11.8 Å². The zero-order valence-electron chi connectivity index (χ0n) is 17.2. The average molecular weight is 442 g/mol. The Morgan fingerprint density at radius 3 is 2.72 bits per heavy atom. The molecule has 3 amide bonds. The highest BCUT2D eigenvalue weighted by molar-refractivity contribution is 6.03. The Morgan fingerprint density at radius 1 is 1.25 bits per heavy atom. The van der Waals surface area contributed by atoms with Crippen LogP contribution in [-0.4, -0.2) is 34.1 Å². The maximum Gasteiger partial charge on any atom is 0.258 e.